The van der Waals surface area contributed by atoms with E-state index in [9.17, 15) is 86.9 Å². The van der Waals surface area contributed by atoms with Crippen LogP contribution >= 0.6 is 21.6 Å². The van der Waals surface area contributed by atoms with E-state index in [-0.39, 0.29) is 49.3 Å². The molecule has 45 heteroatoms. The lowest BCUT2D eigenvalue weighted by Gasteiger charge is -2.29. The fourth-order valence-corrected chi connectivity index (χ4v) is 13.9. The molecule has 0 aliphatic carbocycles. The first-order valence-corrected chi connectivity index (χ1v) is 38.8. The van der Waals surface area contributed by atoms with Crippen LogP contribution in [0.2, 0.25) is 0 Å². The largest absolute Gasteiger partial charge is 0.481 e. The van der Waals surface area contributed by atoms with E-state index in [1.54, 1.807) is 38.1 Å². The first-order chi connectivity index (χ1) is 54.1. The number of hydrogen-bond donors (Lipinski definition) is 24. The van der Waals surface area contributed by atoms with E-state index in [0.717, 1.165) is 35.4 Å². The molecule has 114 heavy (non-hydrogen) atoms. The maximum absolute atomic E-state index is 14.9. The molecule has 1 aliphatic rings. The first-order valence-electron chi connectivity index (χ1n) is 36.3. The Balaban J connectivity index is 1.48. The molecule has 1 aliphatic heterocycles. The zero-order valence-electron chi connectivity index (χ0n) is 63.2. The van der Waals surface area contributed by atoms with E-state index in [1.807, 2.05) is 0 Å². The number of imidazole rings is 3. The summed E-state index contributed by atoms with van der Waals surface area (Å²) in [5.41, 5.74) is 18.2. The number of carboxylic acid groups (broad SMARTS) is 1. The zero-order valence-corrected chi connectivity index (χ0v) is 64.9. The number of nitrogens with two attached hydrogens (primary N) is 3. The maximum Gasteiger partial charge on any atom is 0.305 e. The lowest BCUT2D eigenvalue weighted by atomic mass is 9.98. The number of carbonyl (C=O) groups is 16. The monoisotopic (exact) mass is 1630 g/mol. The second-order valence-electron chi connectivity index (χ2n) is 27.3. The van der Waals surface area contributed by atoms with Crippen molar-refractivity contribution >= 4 is 133 Å². The van der Waals surface area contributed by atoms with Crippen molar-refractivity contribution in [2.24, 2.45) is 29.0 Å². The van der Waals surface area contributed by atoms with Gasteiger partial charge in [0.1, 0.15) is 72.5 Å². The van der Waals surface area contributed by atoms with Gasteiger partial charge in [-0.15, -0.1) is 0 Å². The summed E-state index contributed by atoms with van der Waals surface area (Å²) in [6, 6.07) is -13.5. The summed E-state index contributed by atoms with van der Waals surface area (Å²) in [6.45, 7) is 7.74. The van der Waals surface area contributed by atoms with E-state index in [1.165, 1.54) is 57.6 Å². The highest BCUT2D eigenvalue weighted by atomic mass is 33.1. The molecule has 4 aromatic heterocycles. The second kappa shape index (κ2) is 44.8. The van der Waals surface area contributed by atoms with Crippen molar-refractivity contribution in [3.8, 4) is 0 Å². The van der Waals surface area contributed by atoms with Crippen LogP contribution in [0.15, 0.2) is 68.0 Å². The molecule has 0 radical (unpaired) electrons. The van der Waals surface area contributed by atoms with E-state index in [4.69, 9.17) is 22.6 Å². The van der Waals surface area contributed by atoms with Gasteiger partial charge in [0.25, 0.3) is 0 Å². The lowest BCUT2D eigenvalue weighted by Crippen LogP contribution is -2.61. The number of nitrogens with zero attached hydrogens (tertiary/aromatic N) is 3. The van der Waals surface area contributed by atoms with E-state index in [2.05, 4.69) is 109 Å². The number of rotatable bonds is 27. The van der Waals surface area contributed by atoms with Crippen LogP contribution in [-0.2, 0) is 102 Å². The number of amides is 15. The van der Waals surface area contributed by atoms with Crippen molar-refractivity contribution in [3.63, 3.8) is 0 Å². The lowest BCUT2D eigenvalue weighted by molar-refractivity contribution is -0.141. The quantitative estimate of drug-likeness (QED) is 0.0101. The Bertz CT molecular complexity index is 4180. The molecule has 6 rings (SSSR count). The number of primary amides is 2. The summed E-state index contributed by atoms with van der Waals surface area (Å²) in [6.07, 6.45) is 3.90. The van der Waals surface area contributed by atoms with Crippen molar-refractivity contribution in [2.75, 3.05) is 24.6 Å². The number of fused-ring (bicyclic) bond motifs is 1. The van der Waals surface area contributed by atoms with E-state index in [0.29, 0.717) is 22.9 Å². The van der Waals surface area contributed by atoms with Crippen LogP contribution in [0.25, 0.3) is 10.9 Å². The summed E-state index contributed by atoms with van der Waals surface area (Å²) in [7, 11) is 1.62. The fourth-order valence-electron chi connectivity index (χ4n) is 11.6. The van der Waals surface area contributed by atoms with Gasteiger partial charge in [0, 0.05) is 92.8 Å². The van der Waals surface area contributed by atoms with Crippen LogP contribution in [0, 0.1) is 17.2 Å². The molecular weight excluding hydrogens is 1530 g/mol. The van der Waals surface area contributed by atoms with Gasteiger partial charge in [-0.2, -0.15) is 0 Å². The van der Waals surface area contributed by atoms with Crippen molar-refractivity contribution in [1.29, 1.82) is 5.41 Å². The molecule has 1 fully saturated rings. The number of hydrogen-bond acceptors (Lipinski definition) is 23. The number of aliphatic hydroxyl groups excluding tert-OH is 1. The average molecular weight is 1630 g/mol. The molecule has 1 aromatic carbocycles. The molecule has 43 nitrogen and oxygen atoms in total. The molecule has 0 bridgehead atoms. The molecule has 0 saturated carbocycles. The number of para-hydroxylation sites is 1. The second-order valence-corrected chi connectivity index (χ2v) is 29.8. The minimum atomic E-state index is -2.08. The third-order valence-electron chi connectivity index (χ3n) is 17.9. The standard InChI is InChI=1S/C69H99N25O18S2/c1-7-33(4)55(83-35(6)96)68(112)92-50-28-114-113-27-49(66(110)94-56(34(5)95)57(71)101)91-59(103)42(13-10-16-77-69(72)73)85-62(106)46(19-38-24-75-30-81-38)88-61(105)45(18-37-23-74-29-80-37)84-52(98)26-79-58(102)44(17-36-22-78-41-12-9-8-11-40(36)41)87-64(108)48(21-53(99)100)89-60(104)43(14-15-51(70)97)86-63(107)47(20-39-25-76-31-82-39)90-67(111)54(32(2)3)93-65(50)109/h8-9,11-12,22-25,29-34,42-50,54-56,78,95H,7,10,13-21,26-28H2,1-6H3,(H2,70,97)(H2,71,101)(H,74,80)(H,75,81)(H,76,82)(H,79,102)(H,83,96)(H,84,98)(H,85,106)(H,86,107)(H,87,108)(H,88,105)(H,89,104)(H,90,111)(H,91,103)(H,92,112)(H,93,109)(H,94,110)(H,99,100)(H4,72,73,77)/t33-,34+,42-,43-,44-,45-,46-,47-,48-,49-,50-,54-,55-,56-/m0/s1. The molecule has 5 heterocycles. The summed E-state index contributed by atoms with van der Waals surface area (Å²) in [4.78, 5) is 250. The highest BCUT2D eigenvalue weighted by Crippen LogP contribution is 2.25. The topological polar surface area (TPSA) is 686 Å². The van der Waals surface area contributed by atoms with Gasteiger partial charge in [-0.3, -0.25) is 82.1 Å². The summed E-state index contributed by atoms with van der Waals surface area (Å²) < 4.78 is 0. The van der Waals surface area contributed by atoms with Gasteiger partial charge in [0.2, 0.25) is 88.6 Å². The highest BCUT2D eigenvalue weighted by molar-refractivity contribution is 8.76. The minimum absolute atomic E-state index is 0.0229. The van der Waals surface area contributed by atoms with Gasteiger partial charge in [-0.1, -0.05) is 73.9 Å². The highest BCUT2D eigenvalue weighted by Gasteiger charge is 2.39. The Kier molecular flexibility index (Phi) is 35.6. The SMILES string of the molecule is CC[C@H](C)[C@H](NC(C)=O)C(=O)N[C@H]1CSSC[C@@H](C(=O)N[C@H](C(N)=O)[C@@H](C)O)NC(=O)[C@H](CCCNC(=N)N)NC(=O)[C@H](Cc2c[nH]cn2)NC(=O)[C@H](Cc2c[nH]cn2)NC(=O)CNC(=O)[C@H](Cc2c[nH]c3ccccc23)NC(=O)[C@H](CC(=O)O)NC(=O)[C@H](CCC(N)=O)NC(=O)[C@H](Cc2c[nH]cn2)NC(=O)[C@H](C(C)C)NC1=O. The Morgan fingerprint density at radius 1 is 0.596 bits per heavy atom. The molecule has 5 aromatic rings. The molecule has 620 valence electrons. The van der Waals surface area contributed by atoms with Gasteiger partial charge in [0.05, 0.1) is 55.1 Å². The molecule has 0 unspecified atom stereocenters. The van der Waals surface area contributed by atoms with Gasteiger partial charge < -0.3 is 122 Å². The van der Waals surface area contributed by atoms with E-state index >= 15 is 0 Å². The molecule has 14 atom stereocenters. The number of benzene rings is 1. The Morgan fingerprint density at radius 2 is 1.11 bits per heavy atom. The summed E-state index contributed by atoms with van der Waals surface area (Å²) in [5, 5.41) is 64.3. The number of carboxylic acids is 1. The van der Waals surface area contributed by atoms with Gasteiger partial charge >= 0.3 is 5.97 Å². The Morgan fingerprint density at radius 3 is 1.62 bits per heavy atom. The van der Waals surface area contributed by atoms with Crippen molar-refractivity contribution in [3.05, 3.63) is 90.7 Å². The van der Waals surface area contributed by atoms with Crippen LogP contribution in [0.1, 0.15) is 103 Å². The van der Waals surface area contributed by atoms with Gasteiger partial charge in [-0.05, 0) is 49.7 Å². The molecule has 1 saturated heterocycles. The molecule has 0 spiro atoms. The van der Waals surface area contributed by atoms with Crippen LogP contribution in [0.4, 0.5) is 0 Å². The number of aliphatic hydroxyl groups is 1. The predicted molar refractivity (Wildman–Crippen MR) is 411 cm³/mol. The first kappa shape index (κ1) is 90.7. The van der Waals surface area contributed by atoms with Crippen molar-refractivity contribution < 1.29 is 86.9 Å². The van der Waals surface area contributed by atoms with Crippen LogP contribution in [0.5, 0.6) is 0 Å². The third kappa shape index (κ3) is 29.2. The van der Waals surface area contributed by atoms with Gasteiger partial charge in [-0.25, -0.2) is 15.0 Å². The maximum atomic E-state index is 14.9. The van der Waals surface area contributed by atoms with Crippen molar-refractivity contribution in [1.82, 2.24) is 109 Å². The summed E-state index contributed by atoms with van der Waals surface area (Å²) in [5.74, 6) is -20.3. The number of guanidine groups is 1. The molecule has 15 amide bonds. The van der Waals surface area contributed by atoms with E-state index < -0.39 is 241 Å². The average Bonchev–Trinajstić information content (AvgIpc) is 1.65. The molecule has 27 N–H and O–H groups in total. The number of nitrogens with one attached hydrogen (secondary N) is 19. The van der Waals surface area contributed by atoms with Crippen molar-refractivity contribution in [2.45, 2.75) is 184 Å². The summed E-state index contributed by atoms with van der Waals surface area (Å²) >= 11 is 0. The third-order valence-corrected chi connectivity index (χ3v) is 20.3. The number of aromatic nitrogens is 7. The Hall–Kier alpha value is -12.2. The number of aliphatic carboxylic acids is 1. The van der Waals surface area contributed by atoms with Crippen LogP contribution < -0.4 is 91.6 Å². The van der Waals surface area contributed by atoms with Gasteiger partial charge in [0.15, 0.2) is 5.96 Å². The fraction of sp³-hybridized carbons (Fsp3) is 0.507. The minimum Gasteiger partial charge on any atom is -0.481 e. The predicted octanol–water partition coefficient (Wildman–Crippen LogP) is -6.47. The van der Waals surface area contributed by atoms with Crippen LogP contribution in [0.3, 0.4) is 0 Å². The molecular formula is C69H99N25O18S2. The number of aromatic amines is 4. The Labute approximate surface area is 660 Å². The number of carbonyl (C=O) groups excluding carboxylic acids is 15. The number of H-pyrrole nitrogens is 4. The zero-order chi connectivity index (χ0) is 83.9. The smallest absolute Gasteiger partial charge is 0.305 e. The normalized spacial score (nSPS) is 22.5. The van der Waals surface area contributed by atoms with Crippen LogP contribution in [-0.4, -0.2) is 249 Å².